The van der Waals surface area contributed by atoms with Crippen LogP contribution < -0.4 is 0 Å². The third kappa shape index (κ3) is 1.67. The molecular formula is C9H12F2. The average Bonchev–Trinajstić information content (AvgIpc) is 2.07. The molecule has 0 fully saturated rings. The highest BCUT2D eigenvalue weighted by molar-refractivity contribution is 5.29. The van der Waals surface area contributed by atoms with Gasteiger partial charge in [-0.2, -0.15) is 0 Å². The Bertz CT molecular complexity index is 200. The lowest BCUT2D eigenvalue weighted by atomic mass is 10.1. The minimum Gasteiger partial charge on any atom is -0.204 e. The number of hydrogen-bond acceptors (Lipinski definition) is 0. The van der Waals surface area contributed by atoms with E-state index >= 15 is 0 Å². The third-order valence-corrected chi connectivity index (χ3v) is 2.05. The summed E-state index contributed by atoms with van der Waals surface area (Å²) >= 11 is 0. The van der Waals surface area contributed by atoms with Crippen LogP contribution in [0.5, 0.6) is 0 Å². The second kappa shape index (κ2) is 3.16. The molecular weight excluding hydrogens is 146 g/mol. The van der Waals surface area contributed by atoms with Crippen LogP contribution in [0.3, 0.4) is 0 Å². The molecule has 0 N–H and O–H groups in total. The van der Waals surface area contributed by atoms with Crippen molar-refractivity contribution >= 4 is 0 Å². The minimum atomic E-state index is -0.639. The predicted octanol–water partition coefficient (Wildman–Crippen LogP) is 3.66. The number of halogens is 2. The van der Waals surface area contributed by atoms with E-state index in [-0.39, 0.29) is 0 Å². The van der Waals surface area contributed by atoms with Crippen LogP contribution in [0.4, 0.5) is 8.78 Å². The molecule has 0 radical (unpaired) electrons. The summed E-state index contributed by atoms with van der Waals surface area (Å²) in [5.41, 5.74) is 1.08. The maximum absolute atomic E-state index is 12.9. The molecule has 2 heteroatoms. The second-order valence-electron chi connectivity index (χ2n) is 3.04. The van der Waals surface area contributed by atoms with Gasteiger partial charge in [-0.1, -0.05) is 0 Å². The van der Waals surface area contributed by atoms with Crippen LogP contribution in [0, 0.1) is 0 Å². The van der Waals surface area contributed by atoms with Gasteiger partial charge >= 0.3 is 0 Å². The van der Waals surface area contributed by atoms with E-state index in [1.54, 1.807) is 13.8 Å². The average molecular weight is 158 g/mol. The van der Waals surface area contributed by atoms with Gasteiger partial charge in [0.2, 0.25) is 0 Å². The summed E-state index contributed by atoms with van der Waals surface area (Å²) in [6, 6.07) is 0. The zero-order chi connectivity index (χ0) is 8.43. The molecule has 0 amide bonds. The fourth-order valence-electron chi connectivity index (χ4n) is 1.21. The molecule has 0 saturated heterocycles. The molecule has 0 aromatic carbocycles. The van der Waals surface area contributed by atoms with Gasteiger partial charge in [0.25, 0.3) is 0 Å². The van der Waals surface area contributed by atoms with Crippen molar-refractivity contribution < 1.29 is 8.78 Å². The van der Waals surface area contributed by atoms with Gasteiger partial charge in [0.1, 0.15) is 0 Å². The predicted molar refractivity (Wildman–Crippen MR) is 41.5 cm³/mol. The molecule has 0 bridgehead atoms. The molecule has 0 aliphatic heterocycles. The normalized spacial score (nSPS) is 20.7. The molecule has 0 atom stereocenters. The van der Waals surface area contributed by atoms with Gasteiger partial charge in [-0.15, -0.1) is 0 Å². The Morgan fingerprint density at radius 3 is 1.64 bits per heavy atom. The lowest BCUT2D eigenvalue weighted by Crippen LogP contribution is -1.82. The zero-order valence-corrected chi connectivity index (χ0v) is 6.88. The van der Waals surface area contributed by atoms with Crippen molar-refractivity contribution in [3.8, 4) is 0 Å². The standard InChI is InChI=1S/C9H12F2/c1-6-4-3-5-7(2)9(11)8(6)10/h3-5H2,1-2H3. The van der Waals surface area contributed by atoms with E-state index in [2.05, 4.69) is 0 Å². The molecule has 1 aliphatic carbocycles. The van der Waals surface area contributed by atoms with Gasteiger partial charge in [0.05, 0.1) is 0 Å². The van der Waals surface area contributed by atoms with Crippen molar-refractivity contribution in [1.82, 2.24) is 0 Å². The highest BCUT2D eigenvalue weighted by atomic mass is 19.2. The first-order chi connectivity index (χ1) is 5.13. The van der Waals surface area contributed by atoms with Gasteiger partial charge < -0.3 is 0 Å². The van der Waals surface area contributed by atoms with Gasteiger partial charge in [-0.3, -0.25) is 0 Å². The van der Waals surface area contributed by atoms with E-state index in [4.69, 9.17) is 0 Å². The Kier molecular flexibility index (Phi) is 2.42. The van der Waals surface area contributed by atoms with Crippen molar-refractivity contribution in [2.75, 3.05) is 0 Å². The largest absolute Gasteiger partial charge is 0.204 e. The molecule has 62 valence electrons. The highest BCUT2D eigenvalue weighted by Gasteiger charge is 2.14. The summed E-state index contributed by atoms with van der Waals surface area (Å²) < 4.78 is 25.9. The zero-order valence-electron chi connectivity index (χ0n) is 6.88. The van der Waals surface area contributed by atoms with E-state index in [9.17, 15) is 8.78 Å². The summed E-state index contributed by atoms with van der Waals surface area (Å²) in [6.45, 7) is 3.29. The Labute approximate surface area is 65.6 Å². The molecule has 0 unspecified atom stereocenters. The van der Waals surface area contributed by atoms with Gasteiger partial charge in [-0.05, 0) is 44.3 Å². The van der Waals surface area contributed by atoms with Crippen molar-refractivity contribution in [3.05, 3.63) is 22.8 Å². The maximum Gasteiger partial charge on any atom is 0.157 e. The van der Waals surface area contributed by atoms with Crippen LogP contribution in [0.2, 0.25) is 0 Å². The first-order valence-electron chi connectivity index (χ1n) is 3.84. The summed E-state index contributed by atoms with van der Waals surface area (Å²) in [6.07, 6.45) is 2.21. The molecule has 0 nitrogen and oxygen atoms in total. The van der Waals surface area contributed by atoms with Crippen LogP contribution >= 0.6 is 0 Å². The smallest absolute Gasteiger partial charge is 0.157 e. The Morgan fingerprint density at radius 2 is 1.27 bits per heavy atom. The molecule has 11 heavy (non-hydrogen) atoms. The van der Waals surface area contributed by atoms with Crippen LogP contribution in [-0.2, 0) is 0 Å². The third-order valence-electron chi connectivity index (χ3n) is 2.05. The lowest BCUT2D eigenvalue weighted by molar-refractivity contribution is 0.530. The second-order valence-corrected chi connectivity index (χ2v) is 3.04. The minimum absolute atomic E-state index is 0.541. The summed E-state index contributed by atoms with van der Waals surface area (Å²) in [7, 11) is 0. The molecule has 0 aromatic rings. The van der Waals surface area contributed by atoms with E-state index in [1.807, 2.05) is 0 Å². The lowest BCUT2D eigenvalue weighted by Gasteiger charge is -1.97. The Morgan fingerprint density at radius 1 is 0.909 bits per heavy atom. The van der Waals surface area contributed by atoms with Crippen molar-refractivity contribution in [1.29, 1.82) is 0 Å². The van der Waals surface area contributed by atoms with Gasteiger partial charge in [0, 0.05) is 0 Å². The molecule has 0 heterocycles. The molecule has 0 spiro atoms. The Hall–Kier alpha value is -0.660. The molecule has 0 saturated carbocycles. The van der Waals surface area contributed by atoms with Crippen LogP contribution in [-0.4, -0.2) is 0 Å². The van der Waals surface area contributed by atoms with E-state index < -0.39 is 11.7 Å². The van der Waals surface area contributed by atoms with Crippen LogP contribution in [0.15, 0.2) is 22.8 Å². The van der Waals surface area contributed by atoms with Gasteiger partial charge in [-0.25, -0.2) is 8.78 Å². The van der Waals surface area contributed by atoms with Crippen LogP contribution in [0.1, 0.15) is 33.1 Å². The maximum atomic E-state index is 12.9. The fourth-order valence-corrected chi connectivity index (χ4v) is 1.21. The van der Waals surface area contributed by atoms with Crippen molar-refractivity contribution in [2.45, 2.75) is 33.1 Å². The van der Waals surface area contributed by atoms with Crippen LogP contribution in [0.25, 0.3) is 0 Å². The van der Waals surface area contributed by atoms with Gasteiger partial charge in [0.15, 0.2) is 11.7 Å². The quantitative estimate of drug-likeness (QED) is 0.504. The molecule has 1 aliphatic rings. The molecule has 1 rings (SSSR count). The summed E-state index contributed by atoms with van der Waals surface area (Å²) in [4.78, 5) is 0. The summed E-state index contributed by atoms with van der Waals surface area (Å²) in [5.74, 6) is -1.28. The topological polar surface area (TPSA) is 0 Å². The SMILES string of the molecule is CC1=C(F)C(F)=C(C)CCC1. The monoisotopic (exact) mass is 158 g/mol. The number of hydrogen-bond donors (Lipinski definition) is 0. The number of allylic oxidation sites excluding steroid dienone is 4. The highest BCUT2D eigenvalue weighted by Crippen LogP contribution is 2.29. The molecule has 0 aromatic heterocycles. The van der Waals surface area contributed by atoms with Crippen molar-refractivity contribution in [2.24, 2.45) is 0 Å². The van der Waals surface area contributed by atoms with Crippen molar-refractivity contribution in [3.63, 3.8) is 0 Å². The first kappa shape index (κ1) is 8.44. The van der Waals surface area contributed by atoms with E-state index in [0.717, 1.165) is 6.42 Å². The van der Waals surface area contributed by atoms with E-state index in [1.165, 1.54) is 0 Å². The van der Waals surface area contributed by atoms with E-state index in [0.29, 0.717) is 24.0 Å². The first-order valence-corrected chi connectivity index (χ1v) is 3.84. The Balaban J connectivity index is 3.02. The fraction of sp³-hybridized carbons (Fsp3) is 0.556. The number of rotatable bonds is 0. The summed E-state index contributed by atoms with van der Waals surface area (Å²) in [5, 5.41) is 0.